The van der Waals surface area contributed by atoms with Crippen molar-refractivity contribution < 1.29 is 51.8 Å². The van der Waals surface area contributed by atoms with Crippen LogP contribution < -0.4 is 0 Å². The lowest BCUT2D eigenvalue weighted by Crippen LogP contribution is -2.48. The molecule has 1 aliphatic rings. The minimum Gasteiger partial charge on any atom is -0.480 e. The molecule has 0 fully saturated rings. The number of aliphatic carboxylic acids is 2. The fourth-order valence-corrected chi connectivity index (χ4v) is 5.06. The summed E-state index contributed by atoms with van der Waals surface area (Å²) < 4.78 is 43.7. The third-order valence-electron chi connectivity index (χ3n) is 5.51. The Hall–Kier alpha value is -4.03. The van der Waals surface area contributed by atoms with Gasteiger partial charge in [-0.25, -0.2) is 9.59 Å². The van der Waals surface area contributed by atoms with Gasteiger partial charge in [-0.1, -0.05) is 42.5 Å². The van der Waals surface area contributed by atoms with E-state index in [1.807, 2.05) is 0 Å². The summed E-state index contributed by atoms with van der Waals surface area (Å²) >= 11 is 0. The number of esters is 2. The molecule has 3 rings (SSSR count). The first kappa shape index (κ1) is 24.6. The van der Waals surface area contributed by atoms with Gasteiger partial charge in [0.25, 0.3) is 10.1 Å². The lowest BCUT2D eigenvalue weighted by atomic mass is 9.63. The lowest BCUT2D eigenvalue weighted by molar-refractivity contribution is -0.164. The topological polar surface area (TPSA) is 182 Å². The zero-order valence-electron chi connectivity index (χ0n) is 17.7. The number of rotatable bonds is 6. The highest BCUT2D eigenvalue weighted by atomic mass is 32.2. The van der Waals surface area contributed by atoms with Gasteiger partial charge in [0.2, 0.25) is 0 Å². The van der Waals surface area contributed by atoms with Gasteiger partial charge in [0.1, 0.15) is 4.91 Å². The van der Waals surface area contributed by atoms with Crippen molar-refractivity contribution in [2.45, 2.75) is 5.92 Å². The average Bonchev–Trinajstić information content (AvgIpc) is 2.80. The van der Waals surface area contributed by atoms with Gasteiger partial charge < -0.3 is 19.7 Å². The van der Waals surface area contributed by atoms with Crippen LogP contribution in [0.2, 0.25) is 0 Å². The zero-order chi connectivity index (χ0) is 25.4. The molecule has 2 atom stereocenters. The Morgan fingerprint density at radius 2 is 1.56 bits per heavy atom. The maximum absolute atomic E-state index is 13.0. The summed E-state index contributed by atoms with van der Waals surface area (Å²) in [7, 11) is -3.77. The number of hydrogen-bond acceptors (Lipinski definition) is 8. The third kappa shape index (κ3) is 3.72. The molecule has 1 aliphatic carbocycles. The van der Waals surface area contributed by atoms with E-state index in [0.29, 0.717) is 16.8 Å². The van der Waals surface area contributed by atoms with E-state index < -0.39 is 61.4 Å². The number of carbonyl (C=O) groups is 4. The molecular weight excluding hydrogens is 472 g/mol. The van der Waals surface area contributed by atoms with Gasteiger partial charge in [-0.05, 0) is 22.4 Å². The largest absolute Gasteiger partial charge is 0.480 e. The molecule has 0 aliphatic heterocycles. The molecule has 0 saturated heterocycles. The molecule has 2 unspecified atom stereocenters. The second-order valence-corrected chi connectivity index (χ2v) is 8.60. The zero-order valence-corrected chi connectivity index (χ0v) is 18.5. The Morgan fingerprint density at radius 1 is 0.941 bits per heavy atom. The molecule has 0 heterocycles. The summed E-state index contributed by atoms with van der Waals surface area (Å²) in [6.07, 6.45) is 0.453. The summed E-state index contributed by atoms with van der Waals surface area (Å²) in [6.45, 7) is 0. The Balaban J connectivity index is 2.65. The third-order valence-corrected chi connectivity index (χ3v) is 6.47. The monoisotopic (exact) mass is 490 g/mol. The predicted molar refractivity (Wildman–Crippen MR) is 115 cm³/mol. The van der Waals surface area contributed by atoms with E-state index in [1.165, 1.54) is 18.2 Å². The number of carbonyl (C=O) groups excluding carboxylic acids is 2. The molecule has 0 radical (unpaired) electrons. The average molecular weight is 490 g/mol. The van der Waals surface area contributed by atoms with Gasteiger partial charge in [-0.2, -0.15) is 8.42 Å². The van der Waals surface area contributed by atoms with Crippen LogP contribution in [0.1, 0.15) is 11.5 Å². The minimum absolute atomic E-state index is 0.0652. The lowest BCUT2D eigenvalue weighted by Gasteiger charge is -2.37. The Kier molecular flexibility index (Phi) is 6.31. The first-order valence-electron chi connectivity index (χ1n) is 9.47. The molecule has 0 bridgehead atoms. The number of benzene rings is 2. The fraction of sp³-hybridized carbons (Fsp3) is 0.182. The van der Waals surface area contributed by atoms with E-state index in [1.54, 1.807) is 24.3 Å². The van der Waals surface area contributed by atoms with Gasteiger partial charge in [0, 0.05) is 5.92 Å². The first-order chi connectivity index (χ1) is 15.9. The van der Waals surface area contributed by atoms with Crippen molar-refractivity contribution in [1.82, 2.24) is 0 Å². The van der Waals surface area contributed by atoms with E-state index in [9.17, 15) is 42.4 Å². The van der Waals surface area contributed by atoms with Crippen molar-refractivity contribution in [3.63, 3.8) is 0 Å². The van der Waals surface area contributed by atoms with E-state index in [-0.39, 0.29) is 5.56 Å². The standard InChI is InChI=1S/C22H18O11S/c1-32-19(25)14-10-22(20(26)27,21(28)33-2)16(15(18(23)24)17(14)34(29,30)31)13-9-5-7-11-6-3-4-8-12(11)13/h3-10,16H,1-2H3,(H,23,24)(H,26,27)(H,29,30,31). The Bertz CT molecular complexity index is 1400. The van der Waals surface area contributed by atoms with Gasteiger partial charge >= 0.3 is 23.9 Å². The van der Waals surface area contributed by atoms with Crippen LogP contribution in [0.25, 0.3) is 10.8 Å². The quantitative estimate of drug-likeness (QED) is 0.303. The summed E-state index contributed by atoms with van der Waals surface area (Å²) in [6, 6.07) is 10.8. The Morgan fingerprint density at radius 3 is 2.09 bits per heavy atom. The van der Waals surface area contributed by atoms with Gasteiger partial charge in [-0.15, -0.1) is 0 Å². The van der Waals surface area contributed by atoms with Crippen molar-refractivity contribution in [3.05, 3.63) is 70.2 Å². The molecule has 0 aromatic heterocycles. The van der Waals surface area contributed by atoms with Crippen LogP contribution in [-0.4, -0.2) is 61.3 Å². The minimum atomic E-state index is -5.44. The van der Waals surface area contributed by atoms with Crippen LogP contribution in [0.5, 0.6) is 0 Å². The highest BCUT2D eigenvalue weighted by Crippen LogP contribution is 2.52. The van der Waals surface area contributed by atoms with Crippen LogP contribution in [0.3, 0.4) is 0 Å². The molecule has 0 amide bonds. The molecule has 11 nitrogen and oxygen atoms in total. The summed E-state index contributed by atoms with van der Waals surface area (Å²) in [5.41, 5.74) is -5.32. The molecule has 0 spiro atoms. The van der Waals surface area contributed by atoms with Crippen LogP contribution in [0.15, 0.2) is 64.6 Å². The molecule has 2 aromatic carbocycles. The van der Waals surface area contributed by atoms with Crippen molar-refractivity contribution in [1.29, 1.82) is 0 Å². The second kappa shape index (κ2) is 8.72. The Labute approximate surface area is 192 Å². The highest BCUT2D eigenvalue weighted by molar-refractivity contribution is 7.90. The van der Waals surface area contributed by atoms with Crippen LogP contribution in [0.4, 0.5) is 0 Å². The van der Waals surface area contributed by atoms with E-state index in [2.05, 4.69) is 9.47 Å². The number of carboxylic acid groups (broad SMARTS) is 2. The number of ether oxygens (including phenoxy) is 2. The van der Waals surface area contributed by atoms with Crippen LogP contribution in [0, 0.1) is 5.41 Å². The predicted octanol–water partition coefficient (Wildman–Crippen LogP) is 1.51. The molecule has 2 aromatic rings. The van der Waals surface area contributed by atoms with Crippen molar-refractivity contribution >= 4 is 44.8 Å². The molecule has 34 heavy (non-hydrogen) atoms. The van der Waals surface area contributed by atoms with Gasteiger partial charge in [0.05, 0.1) is 25.4 Å². The van der Waals surface area contributed by atoms with Gasteiger partial charge in [-0.3, -0.25) is 14.1 Å². The van der Waals surface area contributed by atoms with Crippen molar-refractivity contribution in [2.24, 2.45) is 5.41 Å². The fourth-order valence-electron chi connectivity index (χ4n) is 4.16. The first-order valence-corrected chi connectivity index (χ1v) is 10.9. The summed E-state index contributed by atoms with van der Waals surface area (Å²) in [4.78, 5) is 49.2. The molecule has 178 valence electrons. The number of methoxy groups -OCH3 is 2. The van der Waals surface area contributed by atoms with Crippen molar-refractivity contribution in [2.75, 3.05) is 14.2 Å². The number of fused-ring (bicyclic) bond motifs is 1. The maximum Gasteiger partial charge on any atom is 0.339 e. The molecular formula is C22H18O11S. The number of carboxylic acids is 2. The van der Waals surface area contributed by atoms with E-state index in [4.69, 9.17) is 0 Å². The van der Waals surface area contributed by atoms with Gasteiger partial charge in [0.15, 0.2) is 5.41 Å². The maximum atomic E-state index is 13.0. The second-order valence-electron chi connectivity index (χ2n) is 7.24. The van der Waals surface area contributed by atoms with Crippen molar-refractivity contribution in [3.8, 4) is 0 Å². The number of hydrogen-bond donors (Lipinski definition) is 3. The molecule has 3 N–H and O–H groups in total. The molecule has 12 heteroatoms. The summed E-state index contributed by atoms with van der Waals surface area (Å²) in [5.74, 6) is -8.92. The van der Waals surface area contributed by atoms with Crippen LogP contribution in [-0.2, 0) is 38.8 Å². The normalized spacial score (nSPS) is 20.4. The smallest absolute Gasteiger partial charge is 0.339 e. The van der Waals surface area contributed by atoms with E-state index in [0.717, 1.165) is 14.2 Å². The van der Waals surface area contributed by atoms with Crippen LogP contribution >= 0.6 is 0 Å². The summed E-state index contributed by atoms with van der Waals surface area (Å²) in [5, 5.41) is 21.1. The molecule has 0 saturated carbocycles. The SMILES string of the molecule is COC(=O)C1=CC(C(=O)O)(C(=O)OC)C(c2cccc3ccccc23)C(C(=O)O)=C1S(=O)(=O)O. The highest BCUT2D eigenvalue weighted by Gasteiger charge is 2.60. The van der Waals surface area contributed by atoms with E-state index >= 15 is 0 Å².